The number of aromatic nitrogens is 2. The van der Waals surface area contributed by atoms with Crippen molar-refractivity contribution in [3.8, 4) is 0 Å². The van der Waals surface area contributed by atoms with Gasteiger partial charge in [-0.25, -0.2) is 4.98 Å². The van der Waals surface area contributed by atoms with Crippen molar-refractivity contribution in [3.63, 3.8) is 0 Å². The zero-order chi connectivity index (χ0) is 15.1. The second-order valence-electron chi connectivity index (χ2n) is 5.45. The summed E-state index contributed by atoms with van der Waals surface area (Å²) in [5.41, 5.74) is 1.03. The van der Waals surface area contributed by atoms with E-state index in [9.17, 15) is 9.59 Å². The molecule has 114 valence electrons. The minimum Gasteiger partial charge on any atom is -0.353 e. The summed E-state index contributed by atoms with van der Waals surface area (Å²) in [4.78, 5) is 31.6. The maximum absolute atomic E-state index is 11.8. The lowest BCUT2D eigenvalue weighted by Gasteiger charge is -2.22. The van der Waals surface area contributed by atoms with Gasteiger partial charge in [0.25, 0.3) is 5.91 Å². The second-order valence-corrected chi connectivity index (χ2v) is 5.45. The Morgan fingerprint density at radius 2 is 1.95 bits per heavy atom. The quantitative estimate of drug-likeness (QED) is 0.857. The standard InChI is InChI=1S/C15H22N4O2/c1-11-9-18-13(10-17-11)15(21)16-8-7-14(20)19-12-5-3-2-4-6-12/h9-10,12H,2-8H2,1H3,(H,16,21)(H,19,20). The van der Waals surface area contributed by atoms with E-state index in [0.29, 0.717) is 19.0 Å². The average molecular weight is 290 g/mol. The van der Waals surface area contributed by atoms with Gasteiger partial charge in [-0.1, -0.05) is 19.3 Å². The first-order chi connectivity index (χ1) is 10.1. The Morgan fingerprint density at radius 1 is 1.19 bits per heavy atom. The van der Waals surface area contributed by atoms with Crippen molar-refractivity contribution in [2.24, 2.45) is 0 Å². The van der Waals surface area contributed by atoms with Gasteiger partial charge in [-0.3, -0.25) is 14.6 Å². The molecule has 1 aliphatic carbocycles. The molecule has 2 rings (SSSR count). The lowest BCUT2D eigenvalue weighted by molar-refractivity contribution is -0.121. The van der Waals surface area contributed by atoms with Crippen LogP contribution in [-0.2, 0) is 4.79 Å². The van der Waals surface area contributed by atoms with Gasteiger partial charge in [-0.15, -0.1) is 0 Å². The Labute approximate surface area is 124 Å². The SMILES string of the molecule is Cc1cnc(C(=O)NCCC(=O)NC2CCCCC2)cn1. The van der Waals surface area contributed by atoms with Crippen LogP contribution >= 0.6 is 0 Å². The molecule has 0 aromatic carbocycles. The zero-order valence-electron chi connectivity index (χ0n) is 12.4. The molecule has 6 nitrogen and oxygen atoms in total. The van der Waals surface area contributed by atoms with Gasteiger partial charge < -0.3 is 10.6 Å². The highest BCUT2D eigenvalue weighted by atomic mass is 16.2. The number of nitrogens with one attached hydrogen (secondary N) is 2. The largest absolute Gasteiger partial charge is 0.353 e. The monoisotopic (exact) mass is 290 g/mol. The molecule has 21 heavy (non-hydrogen) atoms. The van der Waals surface area contributed by atoms with Crippen LogP contribution in [-0.4, -0.2) is 34.4 Å². The van der Waals surface area contributed by atoms with Gasteiger partial charge in [-0.2, -0.15) is 0 Å². The number of hydrogen-bond acceptors (Lipinski definition) is 4. The summed E-state index contributed by atoms with van der Waals surface area (Å²) >= 11 is 0. The molecule has 0 bridgehead atoms. The molecule has 1 aliphatic rings. The fourth-order valence-electron chi connectivity index (χ4n) is 2.44. The minimum absolute atomic E-state index is 0.00260. The Hall–Kier alpha value is -1.98. The van der Waals surface area contributed by atoms with Crippen molar-refractivity contribution < 1.29 is 9.59 Å². The maximum atomic E-state index is 11.8. The molecular weight excluding hydrogens is 268 g/mol. The third kappa shape index (κ3) is 5.13. The van der Waals surface area contributed by atoms with Crippen LogP contribution in [0.25, 0.3) is 0 Å². The summed E-state index contributed by atoms with van der Waals surface area (Å²) in [6, 6.07) is 0.310. The molecule has 1 saturated carbocycles. The van der Waals surface area contributed by atoms with Crippen LogP contribution in [0.15, 0.2) is 12.4 Å². The van der Waals surface area contributed by atoms with E-state index in [-0.39, 0.29) is 17.5 Å². The van der Waals surface area contributed by atoms with Crippen LogP contribution in [0.2, 0.25) is 0 Å². The summed E-state index contributed by atoms with van der Waals surface area (Å²) < 4.78 is 0. The van der Waals surface area contributed by atoms with E-state index in [1.165, 1.54) is 25.5 Å². The van der Waals surface area contributed by atoms with E-state index in [1.54, 1.807) is 6.20 Å². The highest BCUT2D eigenvalue weighted by Gasteiger charge is 2.15. The molecule has 0 spiro atoms. The van der Waals surface area contributed by atoms with Crippen molar-refractivity contribution >= 4 is 11.8 Å². The van der Waals surface area contributed by atoms with Gasteiger partial charge in [0.15, 0.2) is 0 Å². The predicted octanol–water partition coefficient (Wildman–Crippen LogP) is 1.35. The van der Waals surface area contributed by atoms with Gasteiger partial charge >= 0.3 is 0 Å². The number of rotatable bonds is 5. The number of nitrogens with zero attached hydrogens (tertiary/aromatic N) is 2. The molecule has 0 aliphatic heterocycles. The van der Waals surface area contributed by atoms with E-state index in [0.717, 1.165) is 18.5 Å². The van der Waals surface area contributed by atoms with E-state index in [2.05, 4.69) is 20.6 Å². The molecule has 1 heterocycles. The van der Waals surface area contributed by atoms with Gasteiger partial charge in [-0.05, 0) is 19.8 Å². The Kier molecular flexibility index (Phi) is 5.66. The fourth-order valence-corrected chi connectivity index (χ4v) is 2.44. The molecule has 1 aromatic rings. The molecule has 2 amide bonds. The number of carbonyl (C=O) groups is 2. The molecule has 0 atom stereocenters. The maximum Gasteiger partial charge on any atom is 0.271 e. The lowest BCUT2D eigenvalue weighted by Crippen LogP contribution is -2.38. The summed E-state index contributed by atoms with van der Waals surface area (Å²) in [5, 5.41) is 5.71. The van der Waals surface area contributed by atoms with Crippen LogP contribution in [0.4, 0.5) is 0 Å². The molecule has 2 N–H and O–H groups in total. The predicted molar refractivity (Wildman–Crippen MR) is 78.7 cm³/mol. The molecule has 1 fully saturated rings. The minimum atomic E-state index is -0.298. The van der Waals surface area contributed by atoms with Crippen LogP contribution in [0, 0.1) is 6.92 Å². The highest BCUT2D eigenvalue weighted by Crippen LogP contribution is 2.17. The van der Waals surface area contributed by atoms with Crippen LogP contribution in [0.3, 0.4) is 0 Å². The summed E-state index contributed by atoms with van der Waals surface area (Å²) in [6.07, 6.45) is 9.05. The fraction of sp³-hybridized carbons (Fsp3) is 0.600. The number of amides is 2. The number of hydrogen-bond donors (Lipinski definition) is 2. The molecule has 0 saturated heterocycles. The third-order valence-electron chi connectivity index (χ3n) is 3.62. The zero-order valence-corrected chi connectivity index (χ0v) is 12.4. The average Bonchev–Trinajstić information content (AvgIpc) is 2.49. The van der Waals surface area contributed by atoms with Crippen LogP contribution < -0.4 is 10.6 Å². The smallest absolute Gasteiger partial charge is 0.271 e. The van der Waals surface area contributed by atoms with Gasteiger partial charge in [0.05, 0.1) is 11.9 Å². The van der Waals surface area contributed by atoms with Crippen molar-refractivity contribution in [1.82, 2.24) is 20.6 Å². The molecule has 1 aromatic heterocycles. The van der Waals surface area contributed by atoms with Gasteiger partial charge in [0.2, 0.25) is 5.91 Å². The highest BCUT2D eigenvalue weighted by molar-refractivity contribution is 5.92. The number of carbonyl (C=O) groups excluding carboxylic acids is 2. The van der Waals surface area contributed by atoms with Crippen molar-refractivity contribution in [2.45, 2.75) is 51.5 Å². The normalized spacial score (nSPS) is 15.5. The number of aryl methyl sites for hydroxylation is 1. The van der Waals surface area contributed by atoms with Crippen molar-refractivity contribution in [3.05, 3.63) is 23.8 Å². The second kappa shape index (κ2) is 7.71. The summed E-state index contributed by atoms with van der Waals surface area (Å²) in [6.45, 7) is 2.12. The molecular formula is C15H22N4O2. The Morgan fingerprint density at radius 3 is 2.62 bits per heavy atom. The first kappa shape index (κ1) is 15.4. The van der Waals surface area contributed by atoms with E-state index in [4.69, 9.17) is 0 Å². The summed E-state index contributed by atoms with van der Waals surface area (Å²) in [5.74, 6) is -0.301. The molecule has 0 radical (unpaired) electrons. The third-order valence-corrected chi connectivity index (χ3v) is 3.62. The first-order valence-electron chi connectivity index (χ1n) is 7.51. The van der Waals surface area contributed by atoms with Gasteiger partial charge in [0.1, 0.15) is 5.69 Å². The molecule has 0 unspecified atom stereocenters. The molecule has 6 heteroatoms. The van der Waals surface area contributed by atoms with Crippen LogP contribution in [0.5, 0.6) is 0 Å². The van der Waals surface area contributed by atoms with Crippen molar-refractivity contribution in [2.75, 3.05) is 6.54 Å². The van der Waals surface area contributed by atoms with E-state index >= 15 is 0 Å². The Bertz CT molecular complexity index is 481. The van der Waals surface area contributed by atoms with Gasteiger partial charge in [0, 0.05) is 25.2 Å². The van der Waals surface area contributed by atoms with E-state index in [1.807, 2.05) is 6.92 Å². The van der Waals surface area contributed by atoms with Crippen LogP contribution in [0.1, 0.15) is 54.7 Å². The lowest BCUT2D eigenvalue weighted by atomic mass is 9.95. The van der Waals surface area contributed by atoms with E-state index < -0.39 is 0 Å². The topological polar surface area (TPSA) is 84.0 Å². The first-order valence-corrected chi connectivity index (χ1v) is 7.51. The Balaban J connectivity index is 1.67. The summed E-state index contributed by atoms with van der Waals surface area (Å²) in [7, 11) is 0. The van der Waals surface area contributed by atoms with Crippen molar-refractivity contribution in [1.29, 1.82) is 0 Å².